The van der Waals surface area contributed by atoms with Crippen LogP contribution in [-0.4, -0.2) is 55.9 Å². The summed E-state index contributed by atoms with van der Waals surface area (Å²) in [4.78, 5) is 33.8. The number of H-pyrrole nitrogens is 1. The number of piperidine rings is 1. The van der Waals surface area contributed by atoms with Gasteiger partial charge in [0, 0.05) is 13.1 Å². The van der Waals surface area contributed by atoms with Crippen molar-refractivity contribution in [3.63, 3.8) is 0 Å². The number of rotatable bonds is 4. The standard InChI is InChI=1S/C18H25FN6O2/c1-11(17(27)24-8-6-12(19)7-9-24)21-18-22-15-14(16(26)23-18)10-20-25(15)13-4-2-3-5-13/h10-13H,2-9H2,1H3,(H2,21,22,23,26)/t11-/m1/s1. The average molecular weight is 376 g/mol. The Labute approximate surface area is 156 Å². The van der Waals surface area contributed by atoms with E-state index in [-0.39, 0.29) is 23.5 Å². The molecule has 1 saturated heterocycles. The number of aromatic amines is 1. The van der Waals surface area contributed by atoms with Gasteiger partial charge in [-0.3, -0.25) is 14.6 Å². The third-order valence-electron chi connectivity index (χ3n) is 5.59. The monoisotopic (exact) mass is 376 g/mol. The minimum atomic E-state index is -0.825. The van der Waals surface area contributed by atoms with Gasteiger partial charge >= 0.3 is 0 Å². The number of carbonyl (C=O) groups is 1. The maximum atomic E-state index is 13.3. The number of anilines is 1. The molecule has 1 amide bonds. The van der Waals surface area contributed by atoms with Crippen LogP contribution in [0.25, 0.3) is 11.0 Å². The summed E-state index contributed by atoms with van der Waals surface area (Å²) in [7, 11) is 0. The number of nitrogens with zero attached hydrogens (tertiary/aromatic N) is 4. The van der Waals surface area contributed by atoms with Gasteiger partial charge in [0.25, 0.3) is 5.56 Å². The molecule has 0 spiro atoms. The van der Waals surface area contributed by atoms with E-state index in [0.717, 1.165) is 25.7 Å². The van der Waals surface area contributed by atoms with E-state index in [2.05, 4.69) is 20.4 Å². The van der Waals surface area contributed by atoms with Crippen molar-refractivity contribution in [2.75, 3.05) is 18.4 Å². The number of hydrogen-bond acceptors (Lipinski definition) is 5. The third kappa shape index (κ3) is 3.54. The fourth-order valence-electron chi connectivity index (χ4n) is 4.03. The highest BCUT2D eigenvalue weighted by Crippen LogP contribution is 2.30. The Morgan fingerprint density at radius 2 is 2.00 bits per heavy atom. The molecule has 0 unspecified atom stereocenters. The minimum absolute atomic E-state index is 0.117. The van der Waals surface area contributed by atoms with Gasteiger partial charge in [-0.15, -0.1) is 0 Å². The summed E-state index contributed by atoms with van der Waals surface area (Å²) in [5.74, 6) is 0.141. The van der Waals surface area contributed by atoms with Crippen molar-refractivity contribution in [2.24, 2.45) is 0 Å². The van der Waals surface area contributed by atoms with Crippen LogP contribution in [0.15, 0.2) is 11.0 Å². The number of hydrogen-bond donors (Lipinski definition) is 2. The first-order valence-corrected chi connectivity index (χ1v) is 9.70. The predicted molar refractivity (Wildman–Crippen MR) is 99.4 cm³/mol. The van der Waals surface area contributed by atoms with E-state index in [1.165, 1.54) is 0 Å². The average Bonchev–Trinajstić information content (AvgIpc) is 3.31. The van der Waals surface area contributed by atoms with Crippen molar-refractivity contribution < 1.29 is 9.18 Å². The van der Waals surface area contributed by atoms with E-state index < -0.39 is 12.2 Å². The molecule has 146 valence electrons. The molecule has 3 heterocycles. The van der Waals surface area contributed by atoms with E-state index in [4.69, 9.17) is 0 Å². The molecule has 8 nitrogen and oxygen atoms in total. The van der Waals surface area contributed by atoms with Crippen molar-refractivity contribution in [2.45, 2.75) is 63.7 Å². The maximum absolute atomic E-state index is 13.3. The molecule has 2 fully saturated rings. The summed E-state index contributed by atoms with van der Waals surface area (Å²) in [6.45, 7) is 2.56. The molecule has 4 rings (SSSR count). The molecule has 2 aliphatic rings. The molecule has 0 bridgehead atoms. The lowest BCUT2D eigenvalue weighted by atomic mass is 10.1. The van der Waals surface area contributed by atoms with Crippen molar-refractivity contribution >= 4 is 22.9 Å². The molecule has 9 heteroatoms. The van der Waals surface area contributed by atoms with Gasteiger partial charge in [0.05, 0.1) is 12.2 Å². The van der Waals surface area contributed by atoms with Gasteiger partial charge in [0.2, 0.25) is 11.9 Å². The largest absolute Gasteiger partial charge is 0.344 e. The summed E-state index contributed by atoms with van der Waals surface area (Å²) in [6.07, 6.45) is 5.86. The topological polar surface area (TPSA) is 95.9 Å². The first kappa shape index (κ1) is 17.9. The number of amides is 1. The molecule has 27 heavy (non-hydrogen) atoms. The lowest BCUT2D eigenvalue weighted by molar-refractivity contribution is -0.133. The van der Waals surface area contributed by atoms with Crippen LogP contribution in [0, 0.1) is 0 Å². The number of nitrogens with one attached hydrogen (secondary N) is 2. The second-order valence-corrected chi connectivity index (χ2v) is 7.55. The number of alkyl halides is 1. The Bertz CT molecular complexity index is 880. The molecule has 2 aromatic heterocycles. The van der Waals surface area contributed by atoms with E-state index in [1.54, 1.807) is 18.0 Å². The molecular weight excluding hydrogens is 351 g/mol. The van der Waals surface area contributed by atoms with Gasteiger partial charge in [-0.2, -0.15) is 10.1 Å². The first-order valence-electron chi connectivity index (χ1n) is 9.70. The summed E-state index contributed by atoms with van der Waals surface area (Å²) >= 11 is 0. The van der Waals surface area contributed by atoms with Crippen LogP contribution in [0.4, 0.5) is 10.3 Å². The normalized spacial score (nSPS) is 20.3. The summed E-state index contributed by atoms with van der Waals surface area (Å²) in [5, 5.41) is 7.82. The Hall–Kier alpha value is -2.45. The van der Waals surface area contributed by atoms with Crippen LogP contribution in [0.1, 0.15) is 51.5 Å². The van der Waals surface area contributed by atoms with Crippen LogP contribution in [0.5, 0.6) is 0 Å². The van der Waals surface area contributed by atoms with Gasteiger partial charge in [-0.05, 0) is 32.6 Å². The highest BCUT2D eigenvalue weighted by atomic mass is 19.1. The SMILES string of the molecule is C[C@@H](Nc1nc2c(cnn2C2CCCC2)c(=O)[nH]1)C(=O)N1CCC(F)CC1. The van der Waals surface area contributed by atoms with Gasteiger partial charge in [0.15, 0.2) is 5.65 Å². The second-order valence-electron chi connectivity index (χ2n) is 7.55. The highest BCUT2D eigenvalue weighted by molar-refractivity contribution is 5.84. The molecule has 1 atom stereocenters. The Kier molecular flexibility index (Phi) is 4.84. The second kappa shape index (κ2) is 7.28. The highest BCUT2D eigenvalue weighted by Gasteiger charge is 2.27. The fraction of sp³-hybridized carbons (Fsp3) is 0.667. The van der Waals surface area contributed by atoms with Crippen LogP contribution in [0.2, 0.25) is 0 Å². The number of likely N-dealkylation sites (tertiary alicyclic amines) is 1. The van der Waals surface area contributed by atoms with Gasteiger partial charge in [-0.25, -0.2) is 9.07 Å². The summed E-state index contributed by atoms with van der Waals surface area (Å²) < 4.78 is 15.1. The molecule has 2 aromatic rings. The van der Waals surface area contributed by atoms with Crippen LogP contribution in [0.3, 0.4) is 0 Å². The van der Waals surface area contributed by atoms with Crippen molar-refractivity contribution in [3.05, 3.63) is 16.6 Å². The van der Waals surface area contributed by atoms with E-state index in [0.29, 0.717) is 37.0 Å². The predicted octanol–water partition coefficient (Wildman–Crippen LogP) is 2.00. The zero-order valence-corrected chi connectivity index (χ0v) is 15.4. The molecule has 2 N–H and O–H groups in total. The number of fused-ring (bicyclic) bond motifs is 1. The summed E-state index contributed by atoms with van der Waals surface area (Å²) in [5.41, 5.74) is 0.274. The smallest absolute Gasteiger partial charge is 0.263 e. The summed E-state index contributed by atoms with van der Waals surface area (Å²) in [6, 6.07) is -0.296. The Balaban J connectivity index is 1.53. The van der Waals surface area contributed by atoms with Crippen LogP contribution in [-0.2, 0) is 4.79 Å². The fourth-order valence-corrected chi connectivity index (χ4v) is 4.03. The molecule has 1 saturated carbocycles. The van der Waals surface area contributed by atoms with Crippen molar-refractivity contribution in [1.82, 2.24) is 24.6 Å². The van der Waals surface area contributed by atoms with Gasteiger partial charge < -0.3 is 10.2 Å². The minimum Gasteiger partial charge on any atom is -0.344 e. The number of halogens is 1. The zero-order chi connectivity index (χ0) is 19.0. The van der Waals surface area contributed by atoms with E-state index in [1.807, 2.05) is 4.68 Å². The van der Waals surface area contributed by atoms with Crippen LogP contribution < -0.4 is 10.9 Å². The van der Waals surface area contributed by atoms with Gasteiger partial charge in [0.1, 0.15) is 17.6 Å². The quantitative estimate of drug-likeness (QED) is 0.851. The molecule has 1 aliphatic carbocycles. The van der Waals surface area contributed by atoms with Crippen molar-refractivity contribution in [3.8, 4) is 0 Å². The van der Waals surface area contributed by atoms with Gasteiger partial charge in [-0.1, -0.05) is 12.8 Å². The zero-order valence-electron chi connectivity index (χ0n) is 15.4. The Morgan fingerprint density at radius 3 is 2.70 bits per heavy atom. The maximum Gasteiger partial charge on any atom is 0.263 e. The van der Waals surface area contributed by atoms with E-state index in [9.17, 15) is 14.0 Å². The molecular formula is C18H25FN6O2. The molecule has 1 aliphatic heterocycles. The van der Waals surface area contributed by atoms with Crippen molar-refractivity contribution in [1.29, 1.82) is 0 Å². The Morgan fingerprint density at radius 1 is 1.30 bits per heavy atom. The third-order valence-corrected chi connectivity index (χ3v) is 5.59. The lowest BCUT2D eigenvalue weighted by Gasteiger charge is -2.31. The number of carbonyl (C=O) groups excluding carboxylic acids is 1. The van der Waals surface area contributed by atoms with Crippen LogP contribution >= 0.6 is 0 Å². The molecule has 0 aromatic carbocycles. The van der Waals surface area contributed by atoms with E-state index >= 15 is 0 Å². The lowest BCUT2D eigenvalue weighted by Crippen LogP contribution is -2.46. The number of aromatic nitrogens is 4. The molecule has 0 radical (unpaired) electrons. The first-order chi connectivity index (χ1) is 13.0.